The maximum absolute atomic E-state index is 5.65. The van der Waals surface area contributed by atoms with Gasteiger partial charge in [0.25, 0.3) is 0 Å². The van der Waals surface area contributed by atoms with E-state index < -0.39 is 0 Å². The Balaban J connectivity index is 1.72. The summed E-state index contributed by atoms with van der Waals surface area (Å²) in [6.07, 6.45) is 3.90. The van der Waals surface area contributed by atoms with Gasteiger partial charge in [0, 0.05) is 31.7 Å². The maximum atomic E-state index is 5.65. The molecule has 96 valence electrons. The molecule has 0 aliphatic carbocycles. The molecule has 1 aromatic rings. The minimum absolute atomic E-state index is 0.681. The highest BCUT2D eigenvalue weighted by Crippen LogP contribution is 2.01. The van der Waals surface area contributed by atoms with Gasteiger partial charge in [-0.1, -0.05) is 5.21 Å². The summed E-state index contributed by atoms with van der Waals surface area (Å²) in [6, 6.07) is 0. The Morgan fingerprint density at radius 3 is 2.88 bits per heavy atom. The summed E-state index contributed by atoms with van der Waals surface area (Å²) in [7, 11) is 0. The summed E-state index contributed by atoms with van der Waals surface area (Å²) in [5, 5.41) is 8.25. The third kappa shape index (κ3) is 4.26. The van der Waals surface area contributed by atoms with Gasteiger partial charge in [-0.05, 0) is 12.8 Å². The normalized spacial score (nSPS) is 17.5. The molecule has 1 aliphatic rings. The Morgan fingerprint density at radius 1 is 1.29 bits per heavy atom. The van der Waals surface area contributed by atoms with Crippen LogP contribution in [-0.2, 0) is 17.7 Å². The first-order valence-electron chi connectivity index (χ1n) is 6.13. The Bertz CT molecular complexity index is 325. The number of ether oxygens (including phenoxy) is 1. The molecule has 1 saturated heterocycles. The first kappa shape index (κ1) is 12.8. The summed E-state index contributed by atoms with van der Waals surface area (Å²) in [5.41, 5.74) is 1.03. The molecular formula is C11H19ClN4O. The lowest BCUT2D eigenvalue weighted by Crippen LogP contribution is -2.38. The van der Waals surface area contributed by atoms with E-state index in [1.807, 2.05) is 10.9 Å². The fourth-order valence-corrected chi connectivity index (χ4v) is 2.01. The van der Waals surface area contributed by atoms with Crippen LogP contribution in [0.3, 0.4) is 0 Å². The lowest BCUT2D eigenvalue weighted by molar-refractivity contribution is 0.0359. The second-order valence-electron chi connectivity index (χ2n) is 4.22. The largest absolute Gasteiger partial charge is 0.379 e. The second-order valence-corrected chi connectivity index (χ2v) is 4.60. The van der Waals surface area contributed by atoms with Crippen molar-refractivity contribution in [2.24, 2.45) is 0 Å². The summed E-state index contributed by atoms with van der Waals surface area (Å²) in [6.45, 7) is 5.65. The zero-order chi connectivity index (χ0) is 11.9. The molecule has 1 aromatic heterocycles. The van der Waals surface area contributed by atoms with Gasteiger partial charge < -0.3 is 4.74 Å². The van der Waals surface area contributed by atoms with Crippen molar-refractivity contribution in [2.75, 3.05) is 38.7 Å². The van der Waals surface area contributed by atoms with Crippen molar-refractivity contribution in [3.8, 4) is 0 Å². The van der Waals surface area contributed by atoms with Crippen molar-refractivity contribution in [3.63, 3.8) is 0 Å². The molecule has 6 heteroatoms. The molecule has 1 aliphatic heterocycles. The summed E-state index contributed by atoms with van der Waals surface area (Å²) in [5.74, 6) is 0.681. The van der Waals surface area contributed by atoms with E-state index in [0.717, 1.165) is 57.9 Å². The van der Waals surface area contributed by atoms with Crippen LogP contribution >= 0.6 is 11.6 Å². The van der Waals surface area contributed by atoms with Gasteiger partial charge in [-0.3, -0.25) is 9.58 Å². The average Bonchev–Trinajstić information content (AvgIpc) is 2.83. The van der Waals surface area contributed by atoms with Crippen LogP contribution < -0.4 is 0 Å². The number of hydrogen-bond donors (Lipinski definition) is 0. The Kier molecular flexibility index (Phi) is 5.22. The number of alkyl halides is 1. The maximum Gasteiger partial charge on any atom is 0.0827 e. The van der Waals surface area contributed by atoms with Gasteiger partial charge in [0.1, 0.15) is 0 Å². The third-order valence-corrected chi connectivity index (χ3v) is 3.17. The molecular weight excluding hydrogens is 240 g/mol. The molecule has 0 atom stereocenters. The van der Waals surface area contributed by atoms with E-state index in [2.05, 4.69) is 15.2 Å². The number of halogens is 1. The molecule has 0 amide bonds. The van der Waals surface area contributed by atoms with Crippen molar-refractivity contribution in [1.29, 1.82) is 0 Å². The van der Waals surface area contributed by atoms with Crippen LogP contribution in [0.5, 0.6) is 0 Å². The number of aryl methyl sites for hydroxylation is 1. The predicted octanol–water partition coefficient (Wildman–Crippen LogP) is 0.782. The van der Waals surface area contributed by atoms with Crippen molar-refractivity contribution < 1.29 is 4.74 Å². The third-order valence-electron chi connectivity index (χ3n) is 2.90. The van der Waals surface area contributed by atoms with Gasteiger partial charge >= 0.3 is 0 Å². The minimum atomic E-state index is 0.681. The number of rotatable bonds is 6. The molecule has 0 unspecified atom stereocenters. The topological polar surface area (TPSA) is 43.2 Å². The predicted molar refractivity (Wildman–Crippen MR) is 66.3 cm³/mol. The van der Waals surface area contributed by atoms with E-state index in [-0.39, 0.29) is 0 Å². The van der Waals surface area contributed by atoms with E-state index in [1.165, 1.54) is 0 Å². The highest BCUT2D eigenvalue weighted by molar-refractivity contribution is 6.17. The van der Waals surface area contributed by atoms with Gasteiger partial charge in [-0.15, -0.1) is 16.7 Å². The molecule has 17 heavy (non-hydrogen) atoms. The number of morpholine rings is 1. The van der Waals surface area contributed by atoms with Gasteiger partial charge in [-0.25, -0.2) is 0 Å². The van der Waals surface area contributed by atoms with E-state index in [9.17, 15) is 0 Å². The van der Waals surface area contributed by atoms with Gasteiger partial charge in [0.05, 0.1) is 25.5 Å². The zero-order valence-corrected chi connectivity index (χ0v) is 10.8. The van der Waals surface area contributed by atoms with E-state index in [4.69, 9.17) is 16.3 Å². The smallest absolute Gasteiger partial charge is 0.0827 e. The zero-order valence-electron chi connectivity index (χ0n) is 10.0. The molecule has 1 fully saturated rings. The van der Waals surface area contributed by atoms with Crippen LogP contribution in [0.1, 0.15) is 12.1 Å². The number of aromatic nitrogens is 3. The quantitative estimate of drug-likeness (QED) is 0.708. The molecule has 0 saturated carbocycles. The molecule has 2 rings (SSSR count). The molecule has 0 radical (unpaired) electrons. The lowest BCUT2D eigenvalue weighted by Gasteiger charge is -2.26. The molecule has 0 aromatic carbocycles. The standard InChI is InChI=1S/C11H19ClN4O/c12-3-1-2-11-10-16(14-13-11)5-4-15-6-8-17-9-7-15/h10H,1-9H2. The Morgan fingerprint density at radius 2 is 2.12 bits per heavy atom. The SMILES string of the molecule is ClCCCc1cn(CCN2CCOCC2)nn1. The van der Waals surface area contributed by atoms with Crippen molar-refractivity contribution >= 4 is 11.6 Å². The number of nitrogens with zero attached hydrogens (tertiary/aromatic N) is 4. The van der Waals surface area contributed by atoms with E-state index in [0.29, 0.717) is 5.88 Å². The Hall–Kier alpha value is -0.650. The van der Waals surface area contributed by atoms with Crippen LogP contribution in [0, 0.1) is 0 Å². The van der Waals surface area contributed by atoms with Gasteiger partial charge in [-0.2, -0.15) is 0 Å². The second kappa shape index (κ2) is 6.93. The monoisotopic (exact) mass is 258 g/mol. The van der Waals surface area contributed by atoms with Crippen LogP contribution in [0.4, 0.5) is 0 Å². The molecule has 0 N–H and O–H groups in total. The summed E-state index contributed by atoms with van der Waals surface area (Å²) < 4.78 is 7.23. The fourth-order valence-electron chi connectivity index (χ4n) is 1.88. The average molecular weight is 259 g/mol. The Labute approximate surface area is 107 Å². The van der Waals surface area contributed by atoms with Crippen molar-refractivity contribution in [2.45, 2.75) is 19.4 Å². The first-order valence-corrected chi connectivity index (χ1v) is 6.67. The minimum Gasteiger partial charge on any atom is -0.379 e. The number of hydrogen-bond acceptors (Lipinski definition) is 4. The first-order chi connectivity index (χ1) is 8.38. The van der Waals surface area contributed by atoms with E-state index in [1.54, 1.807) is 0 Å². The molecule has 2 heterocycles. The van der Waals surface area contributed by atoms with Crippen molar-refractivity contribution in [3.05, 3.63) is 11.9 Å². The van der Waals surface area contributed by atoms with E-state index >= 15 is 0 Å². The fraction of sp³-hybridized carbons (Fsp3) is 0.818. The molecule has 5 nitrogen and oxygen atoms in total. The van der Waals surface area contributed by atoms with Crippen LogP contribution in [0.15, 0.2) is 6.20 Å². The van der Waals surface area contributed by atoms with Gasteiger partial charge in [0.15, 0.2) is 0 Å². The highest BCUT2D eigenvalue weighted by atomic mass is 35.5. The molecule has 0 bridgehead atoms. The van der Waals surface area contributed by atoms with Crippen molar-refractivity contribution in [1.82, 2.24) is 19.9 Å². The van der Waals surface area contributed by atoms with Gasteiger partial charge in [0.2, 0.25) is 0 Å². The summed E-state index contributed by atoms with van der Waals surface area (Å²) in [4.78, 5) is 2.39. The highest BCUT2D eigenvalue weighted by Gasteiger charge is 2.10. The van der Waals surface area contributed by atoms with Crippen LogP contribution in [0.2, 0.25) is 0 Å². The lowest BCUT2D eigenvalue weighted by atomic mass is 10.3. The molecule has 0 spiro atoms. The van der Waals surface area contributed by atoms with Crippen LogP contribution in [-0.4, -0.2) is 58.6 Å². The van der Waals surface area contributed by atoms with Crippen LogP contribution in [0.25, 0.3) is 0 Å². The summed E-state index contributed by atoms with van der Waals surface area (Å²) >= 11 is 5.65.